The van der Waals surface area contributed by atoms with Crippen molar-refractivity contribution in [1.29, 1.82) is 0 Å². The first-order valence-corrected chi connectivity index (χ1v) is 8.94. The molecule has 0 aliphatic heterocycles. The second kappa shape index (κ2) is 8.70. The highest BCUT2D eigenvalue weighted by molar-refractivity contribution is 7.56. The maximum Gasteiger partial charge on any atom is -0.00705 e. The molecule has 0 spiro atoms. The summed E-state index contributed by atoms with van der Waals surface area (Å²) in [7, 11) is 0.235. The van der Waals surface area contributed by atoms with E-state index in [0.29, 0.717) is 0 Å². The lowest BCUT2D eigenvalue weighted by molar-refractivity contribution is 0.865. The molecule has 0 aromatic heterocycles. The van der Waals surface area contributed by atoms with Gasteiger partial charge in [0.05, 0.1) is 0 Å². The summed E-state index contributed by atoms with van der Waals surface area (Å²) in [5.74, 6) is 0. The third-order valence-corrected chi connectivity index (χ3v) is 6.00. The molecule has 0 atom stereocenters. The SMILES string of the molecule is CCCCP(CCCC)Cc1ccccc1C. The second-order valence-corrected chi connectivity index (χ2v) is 7.46. The Labute approximate surface area is 109 Å². The van der Waals surface area contributed by atoms with Crippen LogP contribution in [0.5, 0.6) is 0 Å². The van der Waals surface area contributed by atoms with Crippen molar-refractivity contribution in [2.45, 2.75) is 52.6 Å². The van der Waals surface area contributed by atoms with Crippen LogP contribution in [0.25, 0.3) is 0 Å². The fourth-order valence-electron chi connectivity index (χ4n) is 2.06. The fraction of sp³-hybridized carbons (Fsp3) is 0.625. The molecule has 0 amide bonds. The predicted octanol–water partition coefficient (Wildman–Crippen LogP) is 5.58. The molecule has 0 nitrogen and oxygen atoms in total. The molecule has 0 fully saturated rings. The molecule has 1 aromatic carbocycles. The van der Waals surface area contributed by atoms with Crippen molar-refractivity contribution in [3.8, 4) is 0 Å². The van der Waals surface area contributed by atoms with Crippen molar-refractivity contribution in [3.05, 3.63) is 35.4 Å². The zero-order valence-electron chi connectivity index (χ0n) is 11.7. The van der Waals surface area contributed by atoms with E-state index >= 15 is 0 Å². The summed E-state index contributed by atoms with van der Waals surface area (Å²) in [6.45, 7) is 6.87. The molecular formula is C16H27P. The van der Waals surface area contributed by atoms with Crippen LogP contribution < -0.4 is 0 Å². The first-order valence-electron chi connectivity index (χ1n) is 7.04. The van der Waals surface area contributed by atoms with Gasteiger partial charge >= 0.3 is 0 Å². The monoisotopic (exact) mass is 250 g/mol. The molecule has 0 aliphatic rings. The molecule has 1 aromatic rings. The van der Waals surface area contributed by atoms with E-state index < -0.39 is 0 Å². The summed E-state index contributed by atoms with van der Waals surface area (Å²) in [6, 6.07) is 8.92. The highest BCUT2D eigenvalue weighted by Crippen LogP contribution is 2.42. The van der Waals surface area contributed by atoms with Crippen molar-refractivity contribution < 1.29 is 0 Å². The lowest BCUT2D eigenvalue weighted by Crippen LogP contribution is -1.96. The fourth-order valence-corrected chi connectivity index (χ4v) is 4.97. The Morgan fingerprint density at radius 3 is 2.06 bits per heavy atom. The minimum atomic E-state index is 0.235. The van der Waals surface area contributed by atoms with Gasteiger partial charge in [0.2, 0.25) is 0 Å². The number of hydrogen-bond acceptors (Lipinski definition) is 0. The molecule has 1 heteroatoms. The van der Waals surface area contributed by atoms with E-state index in [2.05, 4.69) is 45.0 Å². The first kappa shape index (κ1) is 14.7. The van der Waals surface area contributed by atoms with E-state index in [4.69, 9.17) is 0 Å². The van der Waals surface area contributed by atoms with E-state index in [9.17, 15) is 0 Å². The Bertz CT molecular complexity index is 298. The lowest BCUT2D eigenvalue weighted by Gasteiger charge is -2.18. The Morgan fingerprint density at radius 2 is 1.53 bits per heavy atom. The van der Waals surface area contributed by atoms with Crippen molar-refractivity contribution in [1.82, 2.24) is 0 Å². The third kappa shape index (κ3) is 5.68. The number of aryl methyl sites for hydroxylation is 1. The molecular weight excluding hydrogens is 223 g/mol. The van der Waals surface area contributed by atoms with Crippen molar-refractivity contribution in [3.63, 3.8) is 0 Å². The quantitative estimate of drug-likeness (QED) is 0.528. The van der Waals surface area contributed by atoms with Gasteiger partial charge in [0, 0.05) is 0 Å². The molecule has 17 heavy (non-hydrogen) atoms. The van der Waals surface area contributed by atoms with Crippen LogP contribution in [-0.2, 0) is 6.16 Å². The van der Waals surface area contributed by atoms with Crippen LogP contribution in [0.15, 0.2) is 24.3 Å². The van der Waals surface area contributed by atoms with Gasteiger partial charge in [-0.2, -0.15) is 0 Å². The van der Waals surface area contributed by atoms with Gasteiger partial charge in [-0.1, -0.05) is 51.0 Å². The first-order chi connectivity index (χ1) is 8.27. The number of unbranched alkanes of at least 4 members (excludes halogenated alkanes) is 2. The Morgan fingerprint density at radius 1 is 0.941 bits per heavy atom. The minimum absolute atomic E-state index is 0.235. The summed E-state index contributed by atoms with van der Waals surface area (Å²) in [5, 5.41) is 0. The second-order valence-electron chi connectivity index (χ2n) is 4.91. The van der Waals surface area contributed by atoms with Gasteiger partial charge in [-0.15, -0.1) is 7.92 Å². The summed E-state index contributed by atoms with van der Waals surface area (Å²) < 4.78 is 0. The van der Waals surface area contributed by atoms with E-state index in [-0.39, 0.29) is 7.92 Å². The Hall–Kier alpha value is -0.350. The van der Waals surface area contributed by atoms with Crippen LogP contribution in [-0.4, -0.2) is 12.3 Å². The standard InChI is InChI=1S/C16H27P/c1-4-6-12-17(13-7-5-2)14-16-11-9-8-10-15(16)3/h8-11H,4-7,12-14H2,1-3H3. The van der Waals surface area contributed by atoms with Gasteiger partial charge in [0.1, 0.15) is 0 Å². The van der Waals surface area contributed by atoms with Crippen molar-refractivity contribution >= 4 is 7.92 Å². The average Bonchev–Trinajstić information content (AvgIpc) is 2.35. The highest BCUT2D eigenvalue weighted by Gasteiger charge is 2.09. The number of hydrogen-bond donors (Lipinski definition) is 0. The minimum Gasteiger partial charge on any atom is -0.102 e. The van der Waals surface area contributed by atoms with Gasteiger partial charge in [0.25, 0.3) is 0 Å². The smallest absolute Gasteiger partial charge is 0.00705 e. The van der Waals surface area contributed by atoms with Crippen LogP contribution in [0.4, 0.5) is 0 Å². The normalized spacial score (nSPS) is 11.1. The Balaban J connectivity index is 2.55. The summed E-state index contributed by atoms with van der Waals surface area (Å²) >= 11 is 0. The topological polar surface area (TPSA) is 0 Å². The number of benzene rings is 1. The summed E-state index contributed by atoms with van der Waals surface area (Å²) in [4.78, 5) is 0. The van der Waals surface area contributed by atoms with Crippen LogP contribution >= 0.6 is 7.92 Å². The maximum absolute atomic E-state index is 2.32. The largest absolute Gasteiger partial charge is 0.102 e. The highest BCUT2D eigenvalue weighted by atomic mass is 31.1. The molecule has 1 rings (SSSR count). The molecule has 0 N–H and O–H groups in total. The van der Waals surface area contributed by atoms with Gasteiger partial charge < -0.3 is 0 Å². The molecule has 0 unspecified atom stereocenters. The van der Waals surface area contributed by atoms with E-state index in [1.165, 1.54) is 49.7 Å². The Kier molecular flexibility index (Phi) is 7.53. The van der Waals surface area contributed by atoms with Crippen LogP contribution in [0.1, 0.15) is 50.7 Å². The zero-order chi connectivity index (χ0) is 12.5. The predicted molar refractivity (Wildman–Crippen MR) is 81.4 cm³/mol. The lowest BCUT2D eigenvalue weighted by atomic mass is 10.1. The molecule has 96 valence electrons. The maximum atomic E-state index is 2.32. The van der Waals surface area contributed by atoms with Crippen LogP contribution in [0.2, 0.25) is 0 Å². The van der Waals surface area contributed by atoms with Gasteiger partial charge in [-0.3, -0.25) is 0 Å². The van der Waals surface area contributed by atoms with E-state index in [1.807, 2.05) is 0 Å². The van der Waals surface area contributed by atoms with E-state index in [1.54, 1.807) is 5.56 Å². The van der Waals surface area contributed by atoms with Gasteiger partial charge in [-0.05, 0) is 49.4 Å². The van der Waals surface area contributed by atoms with Gasteiger partial charge in [-0.25, -0.2) is 0 Å². The molecule has 0 saturated carbocycles. The third-order valence-electron chi connectivity index (χ3n) is 3.31. The zero-order valence-corrected chi connectivity index (χ0v) is 12.6. The van der Waals surface area contributed by atoms with Crippen LogP contribution in [0.3, 0.4) is 0 Å². The summed E-state index contributed by atoms with van der Waals surface area (Å²) in [6.07, 6.45) is 9.82. The average molecular weight is 250 g/mol. The van der Waals surface area contributed by atoms with E-state index in [0.717, 1.165) is 0 Å². The van der Waals surface area contributed by atoms with Crippen molar-refractivity contribution in [2.75, 3.05) is 12.3 Å². The van der Waals surface area contributed by atoms with Gasteiger partial charge in [0.15, 0.2) is 0 Å². The molecule has 0 radical (unpaired) electrons. The molecule has 0 heterocycles. The van der Waals surface area contributed by atoms with Crippen LogP contribution in [0, 0.1) is 6.92 Å². The summed E-state index contributed by atoms with van der Waals surface area (Å²) in [5.41, 5.74) is 3.07. The molecule has 0 bridgehead atoms. The molecule has 0 aliphatic carbocycles. The van der Waals surface area contributed by atoms with Crippen molar-refractivity contribution in [2.24, 2.45) is 0 Å². The number of rotatable bonds is 8. The molecule has 0 saturated heterocycles.